The number of hydrogen-bond acceptors (Lipinski definition) is 4. The van der Waals surface area contributed by atoms with E-state index in [9.17, 15) is 10.1 Å². The number of rotatable bonds is 3. The summed E-state index contributed by atoms with van der Waals surface area (Å²) in [4.78, 5) is 16.4. The number of nitrogens with one attached hydrogen (secondary N) is 1. The summed E-state index contributed by atoms with van der Waals surface area (Å²) in [6.07, 6.45) is 4.54. The Balaban J connectivity index is 2.11. The number of aromatic nitrogens is 1. The molecule has 0 bridgehead atoms. The third kappa shape index (κ3) is 3.34. The van der Waals surface area contributed by atoms with Crippen molar-refractivity contribution in [1.29, 1.82) is 0 Å². The van der Waals surface area contributed by atoms with Crippen LogP contribution in [0.3, 0.4) is 0 Å². The number of piperidine rings is 1. The number of hydrazone groups is 1. The molecule has 92 valence electrons. The second kappa shape index (κ2) is 5.37. The van der Waals surface area contributed by atoms with Crippen LogP contribution < -0.4 is 0 Å². The second-order valence-electron chi connectivity index (χ2n) is 3.78. The number of likely N-dealkylation sites (tertiary alicyclic amines) is 1. The summed E-state index contributed by atoms with van der Waals surface area (Å²) in [5, 5.41) is 13.3. The van der Waals surface area contributed by atoms with Crippen LogP contribution in [0.1, 0.15) is 24.1 Å². The first-order chi connectivity index (χ1) is 8.15. The van der Waals surface area contributed by atoms with Crippen LogP contribution in [0.5, 0.6) is 0 Å². The van der Waals surface area contributed by atoms with Gasteiger partial charge in [0.2, 0.25) is 0 Å². The number of nitrogens with zero attached hydrogens (tertiary/aromatic N) is 3. The van der Waals surface area contributed by atoms with E-state index in [2.05, 4.69) is 10.1 Å². The molecule has 8 heteroatoms. The summed E-state index contributed by atoms with van der Waals surface area (Å²) >= 11 is 6.50. The minimum Gasteiger partial charge on any atom is -0.350 e. The molecule has 17 heavy (non-hydrogen) atoms. The van der Waals surface area contributed by atoms with E-state index >= 15 is 0 Å². The zero-order chi connectivity index (χ0) is 12.3. The van der Waals surface area contributed by atoms with Gasteiger partial charge in [-0.25, -0.2) is 10.1 Å². The Morgan fingerprint density at radius 1 is 1.65 bits per heavy atom. The van der Waals surface area contributed by atoms with Crippen LogP contribution in [0.2, 0.25) is 0 Å². The summed E-state index contributed by atoms with van der Waals surface area (Å²) in [6, 6.07) is 0. The van der Waals surface area contributed by atoms with E-state index in [0.29, 0.717) is 18.8 Å². The lowest BCUT2D eigenvalue weighted by molar-refractivity contribution is -0.485. The molecule has 1 aromatic heterocycles. The largest absolute Gasteiger partial charge is 0.350 e. The Morgan fingerprint density at radius 3 is 3.12 bits per heavy atom. The molecule has 0 aliphatic carbocycles. The molecule has 1 aliphatic heterocycles. The van der Waals surface area contributed by atoms with Gasteiger partial charge in [0.1, 0.15) is 0 Å². The van der Waals surface area contributed by atoms with E-state index in [1.807, 2.05) is 11.1 Å². The maximum atomic E-state index is 10.4. The van der Waals surface area contributed by atoms with Crippen LogP contribution in [-0.4, -0.2) is 27.3 Å². The van der Waals surface area contributed by atoms with E-state index < -0.39 is 5.03 Å². The molecule has 0 saturated carbocycles. The van der Waals surface area contributed by atoms with Gasteiger partial charge in [0, 0.05) is 24.0 Å². The van der Waals surface area contributed by atoms with Crippen LogP contribution in [0.25, 0.3) is 0 Å². The average molecular weight is 272 g/mol. The molecule has 0 radical (unpaired) electrons. The van der Waals surface area contributed by atoms with Crippen molar-refractivity contribution >= 4 is 29.4 Å². The molecule has 0 aromatic carbocycles. The third-order valence-electron chi connectivity index (χ3n) is 2.56. The molecule has 0 amide bonds. The van der Waals surface area contributed by atoms with Gasteiger partial charge in [-0.2, -0.15) is 0 Å². The molecule has 1 N–H and O–H groups in total. The molecule has 1 fully saturated rings. The van der Waals surface area contributed by atoms with Gasteiger partial charge in [0.05, 0.1) is 11.6 Å². The van der Waals surface area contributed by atoms with Crippen molar-refractivity contribution in [2.45, 2.75) is 25.8 Å². The third-order valence-corrected chi connectivity index (χ3v) is 3.74. The number of H-pyrrole nitrogens is 1. The van der Waals surface area contributed by atoms with Crippen molar-refractivity contribution in [2.75, 3.05) is 6.54 Å². The van der Waals surface area contributed by atoms with Crippen LogP contribution in [0, 0.1) is 14.1 Å². The van der Waals surface area contributed by atoms with Crippen molar-refractivity contribution in [3.05, 3.63) is 25.1 Å². The Labute approximate surface area is 107 Å². The fourth-order valence-corrected chi connectivity index (χ4v) is 2.91. The van der Waals surface area contributed by atoms with Gasteiger partial charge in [-0.1, -0.05) is 0 Å². The summed E-state index contributed by atoms with van der Waals surface area (Å²) in [7, 11) is 0. The van der Waals surface area contributed by atoms with Crippen LogP contribution in [0.15, 0.2) is 11.3 Å². The van der Waals surface area contributed by atoms with Crippen LogP contribution in [-0.2, 0) is 6.54 Å². The lowest BCUT2D eigenvalue weighted by Crippen LogP contribution is -2.35. The monoisotopic (exact) mass is 272 g/mol. The van der Waals surface area contributed by atoms with E-state index in [4.69, 9.17) is 12.2 Å². The number of aromatic amines is 1. The van der Waals surface area contributed by atoms with Gasteiger partial charge in [0.15, 0.2) is 14.8 Å². The van der Waals surface area contributed by atoms with Crippen molar-refractivity contribution in [2.24, 2.45) is 5.10 Å². The second-order valence-corrected chi connectivity index (χ2v) is 5.58. The molecule has 2 rings (SSSR count). The first-order valence-electron chi connectivity index (χ1n) is 5.29. The Morgan fingerprint density at radius 2 is 2.47 bits per heavy atom. The fourth-order valence-electron chi connectivity index (χ4n) is 1.83. The minimum atomic E-state index is -0.618. The molecule has 1 saturated heterocycles. The summed E-state index contributed by atoms with van der Waals surface area (Å²) in [5.74, 6) is 0.570. The van der Waals surface area contributed by atoms with Gasteiger partial charge in [-0.3, -0.25) is 0 Å². The molecule has 6 nitrogen and oxygen atoms in total. The highest BCUT2D eigenvalue weighted by atomic mass is 32.1. The minimum absolute atomic E-state index is 0.570. The maximum Gasteiger partial charge on any atom is 0.192 e. The molecule has 0 atom stereocenters. The number of hydrogen-bond donors (Lipinski definition) is 1. The molecular weight excluding hydrogens is 260 g/mol. The first-order valence-corrected chi connectivity index (χ1v) is 6.52. The fraction of sp³-hybridized carbons (Fsp3) is 0.556. The highest BCUT2D eigenvalue weighted by Crippen LogP contribution is 2.18. The Bertz CT molecular complexity index is 493. The van der Waals surface area contributed by atoms with E-state index in [0.717, 1.165) is 28.2 Å². The smallest absolute Gasteiger partial charge is 0.192 e. The van der Waals surface area contributed by atoms with Crippen molar-refractivity contribution in [3.63, 3.8) is 0 Å². The van der Waals surface area contributed by atoms with Crippen LogP contribution >= 0.6 is 23.6 Å². The quantitative estimate of drug-likeness (QED) is 0.521. The molecule has 2 heterocycles. The summed E-state index contributed by atoms with van der Waals surface area (Å²) < 4.78 is 0.727. The van der Waals surface area contributed by atoms with Crippen LogP contribution in [0.4, 0.5) is 0 Å². The Kier molecular flexibility index (Phi) is 3.85. The van der Waals surface area contributed by atoms with Crippen molar-refractivity contribution in [1.82, 2.24) is 9.88 Å². The van der Waals surface area contributed by atoms with Gasteiger partial charge >= 0.3 is 0 Å². The number of amidine groups is 1. The number of thiazole rings is 1. The predicted octanol–water partition coefficient (Wildman–Crippen LogP) is 2.38. The predicted molar refractivity (Wildman–Crippen MR) is 68.2 cm³/mol. The van der Waals surface area contributed by atoms with Gasteiger partial charge in [0.25, 0.3) is 0 Å². The van der Waals surface area contributed by atoms with Gasteiger partial charge in [-0.15, -0.1) is 11.3 Å². The normalized spacial score (nSPS) is 18.6. The Hall–Kier alpha value is -1.28. The summed E-state index contributed by atoms with van der Waals surface area (Å²) in [5.41, 5.74) is 0. The molecule has 1 aromatic rings. The first kappa shape index (κ1) is 12.2. The molecule has 1 aliphatic rings. The van der Waals surface area contributed by atoms with E-state index in [1.165, 1.54) is 11.3 Å². The zero-order valence-electron chi connectivity index (χ0n) is 9.09. The van der Waals surface area contributed by atoms with E-state index in [-0.39, 0.29) is 0 Å². The zero-order valence-corrected chi connectivity index (χ0v) is 10.7. The lowest BCUT2D eigenvalue weighted by atomic mass is 10.1. The summed E-state index contributed by atoms with van der Waals surface area (Å²) in [6.45, 7) is 1.46. The average Bonchev–Trinajstić information content (AvgIpc) is 2.66. The maximum absolute atomic E-state index is 10.4. The van der Waals surface area contributed by atoms with E-state index in [1.54, 1.807) is 0 Å². The lowest BCUT2D eigenvalue weighted by Gasteiger charge is -2.27. The molecule has 0 unspecified atom stereocenters. The van der Waals surface area contributed by atoms with Crippen molar-refractivity contribution in [3.8, 4) is 0 Å². The molecular formula is C9H12N4O2S2. The van der Waals surface area contributed by atoms with Crippen molar-refractivity contribution < 1.29 is 5.03 Å². The highest BCUT2D eigenvalue weighted by molar-refractivity contribution is 7.73. The van der Waals surface area contributed by atoms with Gasteiger partial charge < -0.3 is 9.88 Å². The highest BCUT2D eigenvalue weighted by Gasteiger charge is 2.20. The molecule has 0 spiro atoms. The SMILES string of the molecule is O=[N+]([O-])/N=C1\CCCCN1Cc1c[nH]c(=S)s1. The standard InChI is InChI=1S/C9H12N4O2S2/c14-13(15)11-8-3-1-2-4-12(8)6-7-5-10-9(16)17-7/h5H,1-4,6H2,(H,10,16)/b11-8+. The number of nitro groups is 1. The topological polar surface area (TPSA) is 74.5 Å². The van der Waals surface area contributed by atoms with Gasteiger partial charge in [-0.05, 0) is 25.1 Å².